The number of hydrogen-bond donors (Lipinski definition) is 3. The van der Waals surface area contributed by atoms with E-state index >= 15 is 0 Å². The molecule has 26 heavy (non-hydrogen) atoms. The SMILES string of the molecule is Cc1cc(Cl)ccc1OC[C@@H](O)CNCCc1ccc(S(N)(=O)=O)cc1. The van der Waals surface area contributed by atoms with Crippen LogP contribution in [0.15, 0.2) is 47.4 Å². The predicted octanol–water partition coefficient (Wildman–Crippen LogP) is 1.87. The summed E-state index contributed by atoms with van der Waals surface area (Å²) in [7, 11) is -3.66. The molecule has 0 aliphatic heterocycles. The second-order valence-corrected chi connectivity index (χ2v) is 8.02. The molecule has 0 aliphatic carbocycles. The van der Waals surface area contributed by atoms with E-state index in [0.717, 1.165) is 11.1 Å². The zero-order valence-corrected chi connectivity index (χ0v) is 16.1. The van der Waals surface area contributed by atoms with Gasteiger partial charge in [-0.05, 0) is 61.3 Å². The Morgan fingerprint density at radius 2 is 1.92 bits per heavy atom. The lowest BCUT2D eigenvalue weighted by Crippen LogP contribution is -2.32. The Bertz CT molecular complexity index is 826. The van der Waals surface area contributed by atoms with E-state index in [4.69, 9.17) is 21.5 Å². The highest BCUT2D eigenvalue weighted by molar-refractivity contribution is 7.89. The molecule has 0 unspecified atom stereocenters. The maximum Gasteiger partial charge on any atom is 0.238 e. The van der Waals surface area contributed by atoms with Crippen LogP contribution in [0.5, 0.6) is 5.75 Å². The van der Waals surface area contributed by atoms with E-state index in [0.29, 0.717) is 30.3 Å². The van der Waals surface area contributed by atoms with Crippen molar-refractivity contribution < 1.29 is 18.3 Å². The fraction of sp³-hybridized carbons (Fsp3) is 0.333. The number of aliphatic hydroxyl groups is 1. The molecule has 4 N–H and O–H groups in total. The highest BCUT2D eigenvalue weighted by Gasteiger charge is 2.08. The Morgan fingerprint density at radius 1 is 1.23 bits per heavy atom. The second kappa shape index (κ2) is 9.34. The number of hydrogen-bond acceptors (Lipinski definition) is 5. The van der Waals surface area contributed by atoms with Gasteiger partial charge in [0.2, 0.25) is 10.0 Å². The van der Waals surface area contributed by atoms with E-state index in [1.807, 2.05) is 13.0 Å². The van der Waals surface area contributed by atoms with Gasteiger partial charge in [-0.25, -0.2) is 13.6 Å². The Balaban J connectivity index is 1.69. The van der Waals surface area contributed by atoms with E-state index in [-0.39, 0.29) is 11.5 Å². The first-order chi connectivity index (χ1) is 12.3. The van der Waals surface area contributed by atoms with Crippen LogP contribution in [-0.4, -0.2) is 39.3 Å². The molecule has 0 aliphatic rings. The highest BCUT2D eigenvalue weighted by atomic mass is 35.5. The number of aryl methyl sites for hydroxylation is 1. The number of aliphatic hydroxyl groups excluding tert-OH is 1. The van der Waals surface area contributed by atoms with Crippen molar-refractivity contribution >= 4 is 21.6 Å². The third kappa shape index (κ3) is 6.59. The molecule has 0 amide bonds. The predicted molar refractivity (Wildman–Crippen MR) is 102 cm³/mol. The van der Waals surface area contributed by atoms with Gasteiger partial charge in [0.25, 0.3) is 0 Å². The molecular formula is C18H23ClN2O4S. The van der Waals surface area contributed by atoms with Crippen LogP contribution in [0.1, 0.15) is 11.1 Å². The summed E-state index contributed by atoms with van der Waals surface area (Å²) in [6.45, 7) is 3.11. The Hall–Kier alpha value is -1.64. The van der Waals surface area contributed by atoms with E-state index in [1.165, 1.54) is 12.1 Å². The lowest BCUT2D eigenvalue weighted by atomic mass is 10.1. The smallest absolute Gasteiger partial charge is 0.238 e. The molecule has 2 rings (SSSR count). The van der Waals surface area contributed by atoms with Crippen LogP contribution in [-0.2, 0) is 16.4 Å². The lowest BCUT2D eigenvalue weighted by molar-refractivity contribution is 0.106. The molecule has 0 spiro atoms. The number of nitrogens with one attached hydrogen (secondary N) is 1. The fourth-order valence-corrected chi connectivity index (χ4v) is 3.11. The summed E-state index contributed by atoms with van der Waals surface area (Å²) in [6, 6.07) is 11.8. The number of benzene rings is 2. The van der Waals surface area contributed by atoms with Gasteiger partial charge in [0, 0.05) is 11.6 Å². The van der Waals surface area contributed by atoms with E-state index in [9.17, 15) is 13.5 Å². The number of halogens is 1. The topological polar surface area (TPSA) is 102 Å². The number of nitrogens with two attached hydrogens (primary N) is 1. The maximum absolute atomic E-state index is 11.2. The molecule has 142 valence electrons. The van der Waals surface area contributed by atoms with Crippen molar-refractivity contribution in [2.75, 3.05) is 19.7 Å². The summed E-state index contributed by atoms with van der Waals surface area (Å²) < 4.78 is 28.0. The molecule has 0 heterocycles. The zero-order chi connectivity index (χ0) is 19.2. The largest absolute Gasteiger partial charge is 0.491 e. The van der Waals surface area contributed by atoms with Crippen molar-refractivity contribution in [1.82, 2.24) is 5.32 Å². The number of rotatable bonds is 9. The summed E-state index contributed by atoms with van der Waals surface area (Å²) in [5, 5.41) is 18.8. The Labute approximate surface area is 159 Å². The average Bonchev–Trinajstić information content (AvgIpc) is 2.57. The number of primary sulfonamides is 1. The van der Waals surface area contributed by atoms with Crippen LogP contribution >= 0.6 is 11.6 Å². The second-order valence-electron chi connectivity index (χ2n) is 6.02. The van der Waals surface area contributed by atoms with Crippen LogP contribution in [0.4, 0.5) is 0 Å². The molecule has 0 fully saturated rings. The Morgan fingerprint density at radius 3 is 2.54 bits per heavy atom. The first-order valence-corrected chi connectivity index (χ1v) is 10.1. The molecule has 6 nitrogen and oxygen atoms in total. The molecule has 8 heteroatoms. The summed E-state index contributed by atoms with van der Waals surface area (Å²) in [6.07, 6.45) is 0.0595. The summed E-state index contributed by atoms with van der Waals surface area (Å²) in [5.41, 5.74) is 1.90. The van der Waals surface area contributed by atoms with Gasteiger partial charge in [-0.2, -0.15) is 0 Å². The molecule has 0 saturated heterocycles. The van der Waals surface area contributed by atoms with Crippen LogP contribution in [0.3, 0.4) is 0 Å². The third-order valence-electron chi connectivity index (χ3n) is 3.79. The van der Waals surface area contributed by atoms with Crippen molar-refractivity contribution in [2.45, 2.75) is 24.3 Å². The summed E-state index contributed by atoms with van der Waals surface area (Å²) in [4.78, 5) is 0.0965. The maximum atomic E-state index is 11.2. The van der Waals surface area contributed by atoms with Gasteiger partial charge >= 0.3 is 0 Å². The van der Waals surface area contributed by atoms with Crippen LogP contribution in [0.2, 0.25) is 5.02 Å². The van der Waals surface area contributed by atoms with Gasteiger partial charge in [0.05, 0.1) is 4.90 Å². The van der Waals surface area contributed by atoms with Crippen LogP contribution in [0, 0.1) is 6.92 Å². The average molecular weight is 399 g/mol. The van der Waals surface area contributed by atoms with E-state index in [1.54, 1.807) is 24.3 Å². The van der Waals surface area contributed by atoms with Crippen molar-refractivity contribution in [1.29, 1.82) is 0 Å². The normalized spacial score (nSPS) is 12.8. The minimum atomic E-state index is -3.66. The van der Waals surface area contributed by atoms with Gasteiger partial charge < -0.3 is 15.2 Å². The molecule has 0 bridgehead atoms. The van der Waals surface area contributed by atoms with E-state index in [2.05, 4.69) is 5.32 Å². The first kappa shape index (κ1) is 20.7. The lowest BCUT2D eigenvalue weighted by Gasteiger charge is -2.14. The van der Waals surface area contributed by atoms with Crippen molar-refractivity contribution in [2.24, 2.45) is 5.14 Å². The Kier molecular flexibility index (Phi) is 7.43. The van der Waals surface area contributed by atoms with Crippen LogP contribution in [0.25, 0.3) is 0 Å². The van der Waals surface area contributed by atoms with Crippen molar-refractivity contribution in [3.05, 3.63) is 58.6 Å². The minimum absolute atomic E-state index is 0.0965. The minimum Gasteiger partial charge on any atom is -0.491 e. The van der Waals surface area contributed by atoms with Gasteiger partial charge in [-0.1, -0.05) is 23.7 Å². The standard InChI is InChI=1S/C18H23ClN2O4S/c1-13-10-15(19)4-7-18(13)25-12-16(22)11-21-9-8-14-2-5-17(6-3-14)26(20,23)24/h2-7,10,16,21-22H,8-9,11-12H2,1H3,(H2,20,23,24)/t16-/m0/s1. The molecule has 0 radical (unpaired) electrons. The van der Waals surface area contributed by atoms with Gasteiger partial charge in [-0.3, -0.25) is 0 Å². The highest BCUT2D eigenvalue weighted by Crippen LogP contribution is 2.21. The van der Waals surface area contributed by atoms with Gasteiger partial charge in [-0.15, -0.1) is 0 Å². The van der Waals surface area contributed by atoms with Gasteiger partial charge in [0.1, 0.15) is 18.5 Å². The monoisotopic (exact) mass is 398 g/mol. The van der Waals surface area contributed by atoms with Gasteiger partial charge in [0.15, 0.2) is 0 Å². The number of ether oxygens (including phenoxy) is 1. The molecule has 0 aromatic heterocycles. The number of sulfonamides is 1. The quantitative estimate of drug-likeness (QED) is 0.560. The molecule has 2 aromatic carbocycles. The third-order valence-corrected chi connectivity index (χ3v) is 4.95. The van der Waals surface area contributed by atoms with E-state index < -0.39 is 16.1 Å². The summed E-state index contributed by atoms with van der Waals surface area (Å²) in [5.74, 6) is 0.698. The fourth-order valence-electron chi connectivity index (χ4n) is 2.37. The molecule has 2 aromatic rings. The molecular weight excluding hydrogens is 376 g/mol. The molecule has 0 saturated carbocycles. The zero-order valence-electron chi connectivity index (χ0n) is 14.5. The first-order valence-electron chi connectivity index (χ1n) is 8.15. The van der Waals surface area contributed by atoms with Crippen LogP contribution < -0.4 is 15.2 Å². The summed E-state index contributed by atoms with van der Waals surface area (Å²) >= 11 is 5.89. The van der Waals surface area contributed by atoms with Crippen molar-refractivity contribution in [3.63, 3.8) is 0 Å². The molecule has 1 atom stereocenters. The van der Waals surface area contributed by atoms with Crippen molar-refractivity contribution in [3.8, 4) is 5.75 Å².